The fourth-order valence-corrected chi connectivity index (χ4v) is 1.54. The first-order valence-corrected chi connectivity index (χ1v) is 5.71. The maximum absolute atomic E-state index is 12.9. The Morgan fingerprint density at radius 3 is 2.75 bits per heavy atom. The number of rotatable bonds is 6. The first-order valence-electron chi connectivity index (χ1n) is 5.71. The van der Waals surface area contributed by atoms with Gasteiger partial charge in [-0.25, -0.2) is 4.39 Å². The fraction of sp³-hybridized carbons (Fsp3) is 0.538. The van der Waals surface area contributed by atoms with Gasteiger partial charge in [-0.05, 0) is 30.9 Å². The number of hydrogen-bond acceptors (Lipinski definition) is 2. The lowest BCUT2D eigenvalue weighted by Gasteiger charge is -2.11. The second-order valence-electron chi connectivity index (χ2n) is 4.31. The van der Waals surface area contributed by atoms with Gasteiger partial charge in [-0.15, -0.1) is 0 Å². The van der Waals surface area contributed by atoms with Crippen LogP contribution in [0.15, 0.2) is 18.2 Å². The Kier molecular flexibility index (Phi) is 5.09. The Morgan fingerprint density at radius 1 is 1.38 bits per heavy atom. The van der Waals surface area contributed by atoms with Gasteiger partial charge in [0, 0.05) is 12.6 Å². The monoisotopic (exact) mass is 225 g/mol. The third-order valence-electron chi connectivity index (χ3n) is 2.44. The minimum atomic E-state index is -0.274. The number of methoxy groups -OCH3 is 1. The summed E-state index contributed by atoms with van der Waals surface area (Å²) >= 11 is 0. The summed E-state index contributed by atoms with van der Waals surface area (Å²) in [6.45, 7) is 5.30. The van der Waals surface area contributed by atoms with Crippen molar-refractivity contribution >= 4 is 5.69 Å². The first-order chi connectivity index (χ1) is 7.63. The molecule has 0 radical (unpaired) electrons. The molecule has 90 valence electrons. The lowest BCUT2D eigenvalue weighted by Crippen LogP contribution is -2.04. The van der Waals surface area contributed by atoms with Gasteiger partial charge >= 0.3 is 0 Å². The number of nitrogens with one attached hydrogen (secondary N) is 1. The highest BCUT2D eigenvalue weighted by atomic mass is 19.1. The molecule has 0 bridgehead atoms. The molecule has 0 unspecified atom stereocenters. The quantitative estimate of drug-likeness (QED) is 0.746. The van der Waals surface area contributed by atoms with Gasteiger partial charge in [0.2, 0.25) is 0 Å². The molecule has 3 heteroatoms. The van der Waals surface area contributed by atoms with Gasteiger partial charge in [0.25, 0.3) is 0 Å². The van der Waals surface area contributed by atoms with Crippen LogP contribution in [0.3, 0.4) is 0 Å². The topological polar surface area (TPSA) is 21.3 Å². The van der Waals surface area contributed by atoms with Crippen LogP contribution < -0.4 is 10.1 Å². The molecule has 1 rings (SSSR count). The highest BCUT2D eigenvalue weighted by Crippen LogP contribution is 2.24. The van der Waals surface area contributed by atoms with E-state index in [1.165, 1.54) is 18.6 Å². The van der Waals surface area contributed by atoms with Crippen molar-refractivity contribution in [3.63, 3.8) is 0 Å². The van der Waals surface area contributed by atoms with Crippen LogP contribution in [-0.4, -0.2) is 13.7 Å². The number of hydrogen-bond donors (Lipinski definition) is 1. The van der Waals surface area contributed by atoms with E-state index < -0.39 is 0 Å². The van der Waals surface area contributed by atoms with Gasteiger partial charge in [0.05, 0.1) is 12.8 Å². The number of ether oxygens (including phenoxy) is 1. The highest BCUT2D eigenvalue weighted by molar-refractivity contribution is 5.56. The van der Waals surface area contributed by atoms with E-state index in [4.69, 9.17) is 4.74 Å². The van der Waals surface area contributed by atoms with Crippen molar-refractivity contribution in [2.24, 2.45) is 5.92 Å². The van der Waals surface area contributed by atoms with Crippen molar-refractivity contribution < 1.29 is 9.13 Å². The Morgan fingerprint density at radius 2 is 2.12 bits per heavy atom. The summed E-state index contributed by atoms with van der Waals surface area (Å²) in [5, 5.41) is 3.26. The van der Waals surface area contributed by atoms with Crippen molar-refractivity contribution in [2.45, 2.75) is 26.7 Å². The minimum absolute atomic E-state index is 0.274. The molecule has 0 heterocycles. The molecule has 1 aromatic carbocycles. The largest absolute Gasteiger partial charge is 0.494 e. The average molecular weight is 225 g/mol. The standard InChI is InChI=1S/C13H20FNO/c1-10(2)5-4-8-15-12-7-6-11(14)9-13(12)16-3/h6-7,9-10,15H,4-5,8H2,1-3H3. The van der Waals surface area contributed by atoms with Gasteiger partial charge in [0.15, 0.2) is 0 Å². The molecule has 2 nitrogen and oxygen atoms in total. The van der Waals surface area contributed by atoms with Crippen LogP contribution in [0, 0.1) is 11.7 Å². The molecule has 0 aliphatic rings. The average Bonchev–Trinajstić information content (AvgIpc) is 2.25. The van der Waals surface area contributed by atoms with Crippen molar-refractivity contribution in [3.8, 4) is 5.75 Å². The minimum Gasteiger partial charge on any atom is -0.494 e. The van der Waals surface area contributed by atoms with E-state index in [9.17, 15) is 4.39 Å². The smallest absolute Gasteiger partial charge is 0.144 e. The predicted molar refractivity (Wildman–Crippen MR) is 65.5 cm³/mol. The van der Waals surface area contributed by atoms with Crippen LogP contribution in [0.4, 0.5) is 10.1 Å². The summed E-state index contributed by atoms with van der Waals surface area (Å²) in [7, 11) is 1.55. The van der Waals surface area contributed by atoms with Gasteiger partial charge < -0.3 is 10.1 Å². The van der Waals surface area contributed by atoms with Crippen molar-refractivity contribution in [1.82, 2.24) is 0 Å². The van der Waals surface area contributed by atoms with Crippen LogP contribution in [0.25, 0.3) is 0 Å². The summed E-state index contributed by atoms with van der Waals surface area (Å²) in [5.41, 5.74) is 0.854. The molecular weight excluding hydrogens is 205 g/mol. The second kappa shape index (κ2) is 6.36. The zero-order valence-corrected chi connectivity index (χ0v) is 10.2. The van der Waals surface area contributed by atoms with Crippen LogP contribution in [-0.2, 0) is 0 Å². The summed E-state index contributed by atoms with van der Waals surface area (Å²) in [5.74, 6) is 1.01. The van der Waals surface area contributed by atoms with Crippen molar-refractivity contribution in [2.75, 3.05) is 19.0 Å². The van der Waals surface area contributed by atoms with Gasteiger partial charge in [0.1, 0.15) is 11.6 Å². The molecule has 1 aromatic rings. The lowest BCUT2D eigenvalue weighted by molar-refractivity contribution is 0.413. The molecule has 0 spiro atoms. The molecule has 0 amide bonds. The Balaban J connectivity index is 2.47. The van der Waals surface area contributed by atoms with E-state index in [2.05, 4.69) is 19.2 Å². The van der Waals surface area contributed by atoms with Crippen molar-refractivity contribution in [1.29, 1.82) is 0 Å². The molecular formula is C13H20FNO. The number of halogens is 1. The van der Waals surface area contributed by atoms with Crippen LogP contribution in [0.1, 0.15) is 26.7 Å². The molecule has 1 N–H and O–H groups in total. The van der Waals surface area contributed by atoms with Gasteiger partial charge in [-0.2, -0.15) is 0 Å². The third-order valence-corrected chi connectivity index (χ3v) is 2.44. The molecule has 0 aliphatic carbocycles. The van der Waals surface area contributed by atoms with Crippen molar-refractivity contribution in [3.05, 3.63) is 24.0 Å². The van der Waals surface area contributed by atoms with Gasteiger partial charge in [-0.3, -0.25) is 0 Å². The molecule has 0 aromatic heterocycles. The zero-order chi connectivity index (χ0) is 12.0. The van der Waals surface area contributed by atoms with E-state index in [1.807, 2.05) is 0 Å². The van der Waals surface area contributed by atoms with Crippen LogP contribution in [0.2, 0.25) is 0 Å². The van der Waals surface area contributed by atoms with Gasteiger partial charge in [-0.1, -0.05) is 13.8 Å². The molecule has 0 aliphatic heterocycles. The predicted octanol–water partition coefficient (Wildman–Crippen LogP) is 3.68. The SMILES string of the molecule is COc1cc(F)ccc1NCCCC(C)C. The highest BCUT2D eigenvalue weighted by Gasteiger charge is 2.03. The zero-order valence-electron chi connectivity index (χ0n) is 10.2. The normalized spacial score (nSPS) is 10.6. The molecule has 0 atom stereocenters. The Hall–Kier alpha value is -1.25. The molecule has 0 fully saturated rings. The Bertz CT molecular complexity index is 326. The Labute approximate surface area is 96.8 Å². The first kappa shape index (κ1) is 12.8. The summed E-state index contributed by atoms with van der Waals surface area (Å²) in [6.07, 6.45) is 2.30. The number of benzene rings is 1. The number of anilines is 1. The molecule has 0 saturated carbocycles. The second-order valence-corrected chi connectivity index (χ2v) is 4.31. The summed E-state index contributed by atoms with van der Waals surface area (Å²) < 4.78 is 18.0. The third kappa shape index (κ3) is 4.09. The van der Waals surface area contributed by atoms with Crippen LogP contribution in [0.5, 0.6) is 5.75 Å². The van der Waals surface area contributed by atoms with E-state index in [-0.39, 0.29) is 5.82 Å². The van der Waals surface area contributed by atoms with E-state index in [1.54, 1.807) is 13.2 Å². The maximum Gasteiger partial charge on any atom is 0.144 e. The molecule has 0 saturated heterocycles. The lowest BCUT2D eigenvalue weighted by atomic mass is 10.1. The van der Waals surface area contributed by atoms with E-state index in [0.717, 1.165) is 24.6 Å². The molecule has 16 heavy (non-hydrogen) atoms. The van der Waals surface area contributed by atoms with E-state index in [0.29, 0.717) is 5.75 Å². The summed E-state index contributed by atoms with van der Waals surface area (Å²) in [6, 6.07) is 4.54. The summed E-state index contributed by atoms with van der Waals surface area (Å²) in [4.78, 5) is 0. The van der Waals surface area contributed by atoms with E-state index >= 15 is 0 Å². The van der Waals surface area contributed by atoms with Crippen LogP contribution >= 0.6 is 0 Å². The maximum atomic E-state index is 12.9. The fourth-order valence-electron chi connectivity index (χ4n) is 1.54.